The van der Waals surface area contributed by atoms with E-state index in [0.717, 1.165) is 30.5 Å². The topological polar surface area (TPSA) is 58.6 Å². The van der Waals surface area contributed by atoms with Crippen LogP contribution >= 0.6 is 0 Å². The van der Waals surface area contributed by atoms with Gasteiger partial charge in [-0.15, -0.1) is 0 Å². The Balaban J connectivity index is 2.01. The third kappa shape index (κ3) is 5.62. The molecule has 0 aromatic heterocycles. The van der Waals surface area contributed by atoms with Crippen LogP contribution in [-0.4, -0.2) is 36.0 Å². The molecular formula is C20H28N2O3. The lowest BCUT2D eigenvalue weighted by Crippen LogP contribution is -2.34. The van der Waals surface area contributed by atoms with Gasteiger partial charge < -0.3 is 15.0 Å². The van der Waals surface area contributed by atoms with E-state index >= 15 is 0 Å². The second-order valence-corrected chi connectivity index (χ2v) is 7.56. The molecular weight excluding hydrogens is 316 g/mol. The molecule has 0 spiro atoms. The second-order valence-electron chi connectivity index (χ2n) is 7.56. The molecule has 5 heteroatoms. The molecule has 1 heterocycles. The summed E-state index contributed by atoms with van der Waals surface area (Å²) in [5.41, 5.74) is 1.93. The van der Waals surface area contributed by atoms with Crippen LogP contribution in [0.25, 0.3) is 0 Å². The lowest BCUT2D eigenvalue weighted by atomic mass is 9.96. The monoisotopic (exact) mass is 344 g/mol. The molecule has 1 aromatic carbocycles. The lowest BCUT2D eigenvalue weighted by Gasteiger charge is -2.22. The predicted molar refractivity (Wildman–Crippen MR) is 98.5 cm³/mol. The Bertz CT molecular complexity index is 657. The maximum atomic E-state index is 12.6. The Kier molecular flexibility index (Phi) is 5.88. The van der Waals surface area contributed by atoms with Crippen LogP contribution in [0, 0.1) is 0 Å². The van der Waals surface area contributed by atoms with Gasteiger partial charge in [-0.3, -0.25) is 4.79 Å². The minimum absolute atomic E-state index is 0.0749. The van der Waals surface area contributed by atoms with Gasteiger partial charge in [0.05, 0.1) is 6.04 Å². The molecule has 2 rings (SSSR count). The number of Topliss-reactive ketones (excluding diaryl/α,β-unsaturated/α-hetero) is 1. The van der Waals surface area contributed by atoms with Gasteiger partial charge in [0.2, 0.25) is 0 Å². The number of amides is 1. The smallest absolute Gasteiger partial charge is 0.408 e. The van der Waals surface area contributed by atoms with Gasteiger partial charge in [-0.1, -0.05) is 24.3 Å². The number of carbonyl (C=O) groups excluding carboxylic acids is 2. The van der Waals surface area contributed by atoms with Crippen molar-refractivity contribution in [2.24, 2.45) is 0 Å². The fraction of sp³-hybridized carbons (Fsp3) is 0.500. The van der Waals surface area contributed by atoms with Crippen molar-refractivity contribution < 1.29 is 14.3 Å². The summed E-state index contributed by atoms with van der Waals surface area (Å²) < 4.78 is 5.26. The zero-order valence-electron chi connectivity index (χ0n) is 15.8. The zero-order valence-corrected chi connectivity index (χ0v) is 15.8. The highest BCUT2D eigenvalue weighted by Crippen LogP contribution is 2.20. The van der Waals surface area contributed by atoms with Crippen molar-refractivity contribution in [3.05, 3.63) is 47.2 Å². The molecule has 0 unspecified atom stereocenters. The molecule has 25 heavy (non-hydrogen) atoms. The van der Waals surface area contributed by atoms with Crippen molar-refractivity contribution in [3.63, 3.8) is 0 Å². The van der Waals surface area contributed by atoms with Gasteiger partial charge >= 0.3 is 6.09 Å². The minimum Gasteiger partial charge on any atom is -0.444 e. The first kappa shape index (κ1) is 19.0. The van der Waals surface area contributed by atoms with Crippen LogP contribution in [0.3, 0.4) is 0 Å². The van der Waals surface area contributed by atoms with Crippen LogP contribution in [0.1, 0.15) is 62.5 Å². The van der Waals surface area contributed by atoms with Gasteiger partial charge in [0.1, 0.15) is 5.60 Å². The Morgan fingerprint density at radius 2 is 1.84 bits per heavy atom. The van der Waals surface area contributed by atoms with Crippen molar-refractivity contribution in [2.75, 3.05) is 13.6 Å². The first-order chi connectivity index (χ1) is 11.7. The third-order valence-electron chi connectivity index (χ3n) is 4.03. The number of nitrogens with one attached hydrogen (secondary N) is 1. The van der Waals surface area contributed by atoms with Crippen LogP contribution in [-0.2, 0) is 4.74 Å². The van der Waals surface area contributed by atoms with Crippen molar-refractivity contribution in [1.82, 2.24) is 10.2 Å². The molecule has 0 saturated carbocycles. The van der Waals surface area contributed by atoms with Gasteiger partial charge in [-0.05, 0) is 46.1 Å². The molecule has 1 amide bonds. The minimum atomic E-state index is -0.527. The molecule has 1 aliphatic rings. The van der Waals surface area contributed by atoms with Gasteiger partial charge in [-0.25, -0.2) is 4.79 Å². The maximum Gasteiger partial charge on any atom is 0.408 e. The molecule has 136 valence electrons. The number of hydrogen-bond acceptors (Lipinski definition) is 4. The summed E-state index contributed by atoms with van der Waals surface area (Å²) in [6, 6.07) is 7.20. The van der Waals surface area contributed by atoms with E-state index in [1.54, 1.807) is 0 Å². The molecule has 1 aliphatic heterocycles. The SMILES string of the molecule is C[C@H](NC(=O)OC(C)(C)C)c1ccc(C(=O)C2=CN(C)CCC2)cc1. The first-order valence-corrected chi connectivity index (χ1v) is 8.71. The highest BCUT2D eigenvalue weighted by Gasteiger charge is 2.19. The molecule has 0 radical (unpaired) electrons. The highest BCUT2D eigenvalue weighted by atomic mass is 16.6. The number of benzene rings is 1. The summed E-state index contributed by atoms with van der Waals surface area (Å²) in [6.45, 7) is 8.36. The van der Waals surface area contributed by atoms with Gasteiger partial charge in [0.15, 0.2) is 5.78 Å². The third-order valence-corrected chi connectivity index (χ3v) is 4.03. The van der Waals surface area contributed by atoms with E-state index in [1.165, 1.54) is 0 Å². The summed E-state index contributed by atoms with van der Waals surface area (Å²) in [5.74, 6) is 0.0749. The van der Waals surface area contributed by atoms with Crippen LogP contribution < -0.4 is 5.32 Å². The first-order valence-electron chi connectivity index (χ1n) is 8.71. The highest BCUT2D eigenvalue weighted by molar-refractivity contribution is 6.08. The molecule has 1 atom stereocenters. The molecule has 1 aromatic rings. The van der Waals surface area contributed by atoms with Gasteiger partial charge in [0.25, 0.3) is 0 Å². The van der Waals surface area contributed by atoms with Crippen LogP contribution in [0.4, 0.5) is 4.79 Å². The van der Waals surface area contributed by atoms with Crippen LogP contribution in [0.2, 0.25) is 0 Å². The molecule has 0 aliphatic carbocycles. The molecule has 0 bridgehead atoms. The number of rotatable bonds is 4. The van der Waals surface area contributed by atoms with E-state index in [9.17, 15) is 9.59 Å². The number of ketones is 1. The number of nitrogens with zero attached hydrogens (tertiary/aromatic N) is 1. The van der Waals surface area contributed by atoms with E-state index in [1.807, 2.05) is 65.2 Å². The summed E-state index contributed by atoms with van der Waals surface area (Å²) in [6.07, 6.45) is 3.31. The van der Waals surface area contributed by atoms with E-state index in [4.69, 9.17) is 4.74 Å². The van der Waals surface area contributed by atoms with Gasteiger partial charge in [-0.2, -0.15) is 0 Å². The fourth-order valence-electron chi connectivity index (χ4n) is 2.76. The lowest BCUT2D eigenvalue weighted by molar-refractivity contribution is 0.0507. The number of alkyl carbamates (subject to hydrolysis) is 1. The summed E-state index contributed by atoms with van der Waals surface area (Å²) in [4.78, 5) is 26.5. The maximum absolute atomic E-state index is 12.6. The standard InChI is InChI=1S/C20H28N2O3/c1-14(21-19(24)25-20(2,3)4)15-8-10-16(11-9-15)18(23)17-7-6-12-22(5)13-17/h8-11,13-14H,6-7,12H2,1-5H3,(H,21,24)/t14-/m0/s1. The van der Waals surface area contributed by atoms with E-state index in [2.05, 4.69) is 10.2 Å². The van der Waals surface area contributed by atoms with E-state index in [0.29, 0.717) is 5.56 Å². The number of carbonyl (C=O) groups is 2. The zero-order chi connectivity index (χ0) is 18.6. The molecule has 5 nitrogen and oxygen atoms in total. The second kappa shape index (κ2) is 7.72. The van der Waals surface area contributed by atoms with Gasteiger partial charge in [0, 0.05) is 30.9 Å². The van der Waals surface area contributed by atoms with Crippen molar-refractivity contribution in [1.29, 1.82) is 0 Å². The largest absolute Gasteiger partial charge is 0.444 e. The molecule has 0 fully saturated rings. The summed E-state index contributed by atoms with van der Waals surface area (Å²) in [7, 11) is 1.99. The normalized spacial score (nSPS) is 16.0. The van der Waals surface area contributed by atoms with E-state index < -0.39 is 11.7 Å². The summed E-state index contributed by atoms with van der Waals surface area (Å²) in [5, 5.41) is 2.81. The fourth-order valence-corrected chi connectivity index (χ4v) is 2.76. The van der Waals surface area contributed by atoms with Crippen molar-refractivity contribution in [3.8, 4) is 0 Å². The van der Waals surface area contributed by atoms with Crippen LogP contribution in [0.15, 0.2) is 36.0 Å². The van der Waals surface area contributed by atoms with Crippen molar-refractivity contribution >= 4 is 11.9 Å². The van der Waals surface area contributed by atoms with E-state index in [-0.39, 0.29) is 11.8 Å². The molecule has 0 saturated heterocycles. The molecule has 1 N–H and O–H groups in total. The van der Waals surface area contributed by atoms with Crippen LogP contribution in [0.5, 0.6) is 0 Å². The Hall–Kier alpha value is -2.30. The Labute approximate surface area is 150 Å². The average molecular weight is 344 g/mol. The summed E-state index contributed by atoms with van der Waals surface area (Å²) >= 11 is 0. The Morgan fingerprint density at radius 1 is 1.20 bits per heavy atom. The number of ether oxygens (including phenoxy) is 1. The number of hydrogen-bond donors (Lipinski definition) is 1. The number of allylic oxidation sites excluding steroid dienone is 1. The predicted octanol–water partition coefficient (Wildman–Crippen LogP) is 4.06. The average Bonchev–Trinajstić information content (AvgIpc) is 2.52. The van der Waals surface area contributed by atoms with Crippen molar-refractivity contribution in [2.45, 2.75) is 52.2 Å². The Morgan fingerprint density at radius 3 is 2.40 bits per heavy atom. The quantitative estimate of drug-likeness (QED) is 0.837.